The van der Waals surface area contributed by atoms with Crippen LogP contribution in [0.4, 0.5) is 11.5 Å². The van der Waals surface area contributed by atoms with E-state index in [4.69, 9.17) is 0 Å². The maximum absolute atomic E-state index is 12.3. The fourth-order valence-electron chi connectivity index (χ4n) is 2.92. The van der Waals surface area contributed by atoms with Gasteiger partial charge in [-0.15, -0.1) is 0 Å². The molecule has 122 valence electrons. The molecule has 7 nitrogen and oxygen atoms in total. The maximum Gasteiger partial charge on any atom is 0.275 e. The summed E-state index contributed by atoms with van der Waals surface area (Å²) in [4.78, 5) is 22.5. The molecule has 7 heteroatoms. The fourth-order valence-corrected chi connectivity index (χ4v) is 2.92. The number of nitrogens with one attached hydrogen (secondary N) is 1. The van der Waals surface area contributed by atoms with Gasteiger partial charge in [0.1, 0.15) is 11.5 Å². The highest BCUT2D eigenvalue weighted by Gasteiger charge is 2.21. The first-order valence-electron chi connectivity index (χ1n) is 7.91. The first kappa shape index (κ1) is 15.5. The molecule has 0 radical (unpaired) electrons. The van der Waals surface area contributed by atoms with E-state index in [-0.39, 0.29) is 5.91 Å². The summed E-state index contributed by atoms with van der Waals surface area (Å²) < 4.78 is 2.03. The van der Waals surface area contributed by atoms with Gasteiger partial charge < -0.3 is 10.2 Å². The van der Waals surface area contributed by atoms with Crippen LogP contribution in [0, 0.1) is 6.92 Å². The highest BCUT2D eigenvalue weighted by Crippen LogP contribution is 2.31. The summed E-state index contributed by atoms with van der Waals surface area (Å²) in [5.41, 5.74) is 2.02. The molecule has 1 N–H and O–H groups in total. The number of aromatic nitrogens is 4. The number of carbonyl (C=O) groups is 1. The standard InChI is InChI=1S/C16H22N6O/c1-11-13(9-19-22(11)12-6-4-5-7-12)20-16(23)14-8-18-15(10-17-14)21(2)3/h8-10,12H,4-7H2,1-3H3,(H,20,23). The summed E-state index contributed by atoms with van der Waals surface area (Å²) in [5.74, 6) is 0.448. The first-order valence-corrected chi connectivity index (χ1v) is 7.91. The number of amides is 1. The highest BCUT2D eigenvalue weighted by molar-refractivity contribution is 6.02. The number of carbonyl (C=O) groups excluding carboxylic acids is 1. The van der Waals surface area contributed by atoms with Gasteiger partial charge in [0.15, 0.2) is 0 Å². The van der Waals surface area contributed by atoms with Gasteiger partial charge in [-0.1, -0.05) is 12.8 Å². The minimum atomic E-state index is -0.267. The Morgan fingerprint density at radius 3 is 2.57 bits per heavy atom. The van der Waals surface area contributed by atoms with Crippen molar-refractivity contribution < 1.29 is 4.79 Å². The Balaban J connectivity index is 1.72. The second kappa shape index (κ2) is 6.36. The van der Waals surface area contributed by atoms with E-state index in [0.717, 1.165) is 24.2 Å². The fraction of sp³-hybridized carbons (Fsp3) is 0.500. The van der Waals surface area contributed by atoms with E-state index in [0.29, 0.717) is 17.6 Å². The van der Waals surface area contributed by atoms with E-state index < -0.39 is 0 Å². The number of nitrogens with zero attached hydrogens (tertiary/aromatic N) is 5. The van der Waals surface area contributed by atoms with E-state index in [1.807, 2.05) is 30.6 Å². The third-order valence-electron chi connectivity index (χ3n) is 4.29. The second-order valence-electron chi connectivity index (χ2n) is 6.13. The van der Waals surface area contributed by atoms with Crippen LogP contribution in [-0.4, -0.2) is 39.8 Å². The van der Waals surface area contributed by atoms with Gasteiger partial charge >= 0.3 is 0 Å². The molecule has 23 heavy (non-hydrogen) atoms. The predicted molar refractivity (Wildman–Crippen MR) is 88.8 cm³/mol. The second-order valence-corrected chi connectivity index (χ2v) is 6.13. The van der Waals surface area contributed by atoms with Crippen LogP contribution in [0.25, 0.3) is 0 Å². The molecule has 1 aliphatic rings. The summed E-state index contributed by atoms with van der Waals surface area (Å²) >= 11 is 0. The molecule has 1 aliphatic carbocycles. The van der Waals surface area contributed by atoms with Crippen molar-refractivity contribution in [1.82, 2.24) is 19.7 Å². The van der Waals surface area contributed by atoms with Crippen LogP contribution in [0.15, 0.2) is 18.6 Å². The summed E-state index contributed by atoms with van der Waals surface area (Å²) in [6, 6.07) is 0.458. The minimum Gasteiger partial charge on any atom is -0.361 e. The summed E-state index contributed by atoms with van der Waals surface area (Å²) in [5, 5.41) is 7.32. The molecule has 2 aromatic heterocycles. The van der Waals surface area contributed by atoms with Crippen molar-refractivity contribution in [3.05, 3.63) is 30.0 Å². The zero-order valence-electron chi connectivity index (χ0n) is 13.8. The Hall–Kier alpha value is -2.44. The molecule has 0 aromatic carbocycles. The van der Waals surface area contributed by atoms with Crippen molar-refractivity contribution in [2.24, 2.45) is 0 Å². The molecule has 0 spiro atoms. The Morgan fingerprint density at radius 1 is 1.22 bits per heavy atom. The van der Waals surface area contributed by atoms with Crippen LogP contribution in [-0.2, 0) is 0 Å². The number of hydrogen-bond acceptors (Lipinski definition) is 5. The smallest absolute Gasteiger partial charge is 0.275 e. The molecule has 1 fully saturated rings. The molecule has 0 unspecified atom stereocenters. The van der Waals surface area contributed by atoms with Gasteiger partial charge in [-0.05, 0) is 19.8 Å². The van der Waals surface area contributed by atoms with Crippen molar-refractivity contribution in [2.75, 3.05) is 24.3 Å². The summed E-state index contributed by atoms with van der Waals surface area (Å²) in [6.07, 6.45) is 9.61. The molecule has 1 saturated carbocycles. The normalized spacial score (nSPS) is 14.9. The van der Waals surface area contributed by atoms with E-state index in [9.17, 15) is 4.79 Å². The molecule has 3 rings (SSSR count). The summed E-state index contributed by atoms with van der Waals surface area (Å²) in [6.45, 7) is 1.99. The molecule has 0 aliphatic heterocycles. The van der Waals surface area contributed by atoms with Gasteiger partial charge in [-0.2, -0.15) is 5.10 Å². The molecular formula is C16H22N6O. The zero-order chi connectivity index (χ0) is 16.4. The Labute approximate surface area is 135 Å². The number of anilines is 2. The maximum atomic E-state index is 12.3. The van der Waals surface area contributed by atoms with E-state index in [1.54, 1.807) is 12.4 Å². The minimum absolute atomic E-state index is 0.267. The lowest BCUT2D eigenvalue weighted by atomic mass is 10.2. The molecule has 0 atom stereocenters. The Morgan fingerprint density at radius 2 is 1.96 bits per heavy atom. The molecule has 0 saturated heterocycles. The summed E-state index contributed by atoms with van der Waals surface area (Å²) in [7, 11) is 3.76. The van der Waals surface area contributed by atoms with E-state index >= 15 is 0 Å². The average molecular weight is 314 g/mol. The Kier molecular flexibility index (Phi) is 4.27. The van der Waals surface area contributed by atoms with Gasteiger partial charge in [-0.3, -0.25) is 9.48 Å². The SMILES string of the molecule is Cc1c(NC(=O)c2cnc(N(C)C)cn2)cnn1C1CCCC1. The number of hydrogen-bond donors (Lipinski definition) is 1. The third-order valence-corrected chi connectivity index (χ3v) is 4.29. The first-order chi connectivity index (χ1) is 11.1. The van der Waals surface area contributed by atoms with Crippen LogP contribution in [0.5, 0.6) is 0 Å². The highest BCUT2D eigenvalue weighted by atomic mass is 16.1. The van der Waals surface area contributed by atoms with Crippen molar-refractivity contribution >= 4 is 17.4 Å². The van der Waals surface area contributed by atoms with Crippen molar-refractivity contribution in [3.63, 3.8) is 0 Å². The van der Waals surface area contributed by atoms with Crippen molar-refractivity contribution in [3.8, 4) is 0 Å². The topological polar surface area (TPSA) is 75.9 Å². The van der Waals surface area contributed by atoms with Gasteiger partial charge in [0.2, 0.25) is 0 Å². The average Bonchev–Trinajstić information content (AvgIpc) is 3.18. The largest absolute Gasteiger partial charge is 0.361 e. The van der Waals surface area contributed by atoms with Crippen LogP contribution in [0.1, 0.15) is 47.9 Å². The zero-order valence-corrected chi connectivity index (χ0v) is 13.8. The van der Waals surface area contributed by atoms with Gasteiger partial charge in [0, 0.05) is 14.1 Å². The third kappa shape index (κ3) is 3.18. The molecular weight excluding hydrogens is 292 g/mol. The monoisotopic (exact) mass is 314 g/mol. The van der Waals surface area contributed by atoms with Gasteiger partial charge in [0.05, 0.1) is 36.0 Å². The molecule has 1 amide bonds. The van der Waals surface area contributed by atoms with E-state index in [2.05, 4.69) is 20.4 Å². The van der Waals surface area contributed by atoms with Crippen LogP contribution in [0.2, 0.25) is 0 Å². The van der Waals surface area contributed by atoms with Gasteiger partial charge in [-0.25, -0.2) is 9.97 Å². The lowest BCUT2D eigenvalue weighted by Gasteiger charge is -2.13. The lowest BCUT2D eigenvalue weighted by Crippen LogP contribution is -2.17. The molecule has 2 aromatic rings. The van der Waals surface area contributed by atoms with Gasteiger partial charge in [0.25, 0.3) is 5.91 Å². The molecule has 2 heterocycles. The predicted octanol–water partition coefficient (Wildman–Crippen LogP) is 2.41. The van der Waals surface area contributed by atoms with Crippen LogP contribution < -0.4 is 10.2 Å². The van der Waals surface area contributed by atoms with Crippen LogP contribution >= 0.6 is 0 Å². The van der Waals surface area contributed by atoms with Crippen molar-refractivity contribution in [2.45, 2.75) is 38.6 Å². The lowest BCUT2D eigenvalue weighted by molar-refractivity contribution is 0.102. The quantitative estimate of drug-likeness (QED) is 0.938. The Bertz CT molecular complexity index is 685. The van der Waals surface area contributed by atoms with E-state index in [1.165, 1.54) is 19.0 Å². The van der Waals surface area contributed by atoms with Crippen LogP contribution in [0.3, 0.4) is 0 Å². The number of rotatable bonds is 4. The van der Waals surface area contributed by atoms with Crippen molar-refractivity contribution in [1.29, 1.82) is 0 Å². The molecule has 0 bridgehead atoms.